The lowest BCUT2D eigenvalue weighted by Gasteiger charge is -2.36. The van der Waals surface area contributed by atoms with E-state index in [1.807, 2.05) is 54.6 Å². The Hall–Kier alpha value is -3.10. The van der Waals surface area contributed by atoms with Crippen LogP contribution < -0.4 is 10.6 Å². The summed E-state index contributed by atoms with van der Waals surface area (Å²) in [5, 5.41) is 8.08. The van der Waals surface area contributed by atoms with E-state index in [2.05, 4.69) is 37.3 Å². The number of rotatable bonds is 12. The van der Waals surface area contributed by atoms with Crippen LogP contribution in [0.2, 0.25) is 0 Å². The number of ether oxygens (including phenoxy) is 1. The molecule has 0 spiro atoms. The first-order chi connectivity index (χ1) is 20.7. The summed E-state index contributed by atoms with van der Waals surface area (Å²) in [5.74, 6) is 1.98. The number of esters is 1. The molecule has 2 aromatic rings. The van der Waals surface area contributed by atoms with Crippen LogP contribution in [0.3, 0.4) is 0 Å². The van der Waals surface area contributed by atoms with E-state index in [-0.39, 0.29) is 29.1 Å². The van der Waals surface area contributed by atoms with E-state index in [9.17, 15) is 14.4 Å². The number of nitrogens with zero attached hydrogens (tertiary/aromatic N) is 1. The summed E-state index contributed by atoms with van der Waals surface area (Å²) in [7, 11) is 0. The van der Waals surface area contributed by atoms with E-state index in [1.165, 1.54) is 0 Å². The lowest BCUT2D eigenvalue weighted by molar-refractivity contribution is -0.155. The van der Waals surface area contributed by atoms with Gasteiger partial charge in [0.2, 0.25) is 5.91 Å². The summed E-state index contributed by atoms with van der Waals surface area (Å²) in [5.41, 5.74) is 2.20. The molecule has 9 heteroatoms. The van der Waals surface area contributed by atoms with Gasteiger partial charge in [0.15, 0.2) is 0 Å². The maximum absolute atomic E-state index is 13.5. The fourth-order valence-corrected chi connectivity index (χ4v) is 7.06. The number of para-hydroxylation sites is 1. The van der Waals surface area contributed by atoms with Gasteiger partial charge in [0.25, 0.3) is 0 Å². The lowest BCUT2D eigenvalue weighted by atomic mass is 9.86. The Morgan fingerprint density at radius 2 is 1.88 bits per heavy atom. The molecule has 1 saturated heterocycles. The van der Waals surface area contributed by atoms with Gasteiger partial charge in [0.1, 0.15) is 23.7 Å². The van der Waals surface area contributed by atoms with Gasteiger partial charge < -0.3 is 10.1 Å². The third kappa shape index (κ3) is 9.19. The number of carbonyl (C=O) groups excluding carboxylic acids is 3. The molecule has 232 valence electrons. The van der Waals surface area contributed by atoms with Crippen LogP contribution in [0.25, 0.3) is 0 Å². The number of amides is 1. The zero-order valence-corrected chi connectivity index (χ0v) is 26.6. The van der Waals surface area contributed by atoms with Crippen molar-refractivity contribution >= 4 is 35.3 Å². The second-order valence-corrected chi connectivity index (χ2v) is 13.6. The normalized spacial score (nSPS) is 21.3. The van der Waals surface area contributed by atoms with E-state index < -0.39 is 12.1 Å². The Morgan fingerprint density at radius 3 is 2.60 bits per heavy atom. The fourth-order valence-electron chi connectivity index (χ4n) is 5.70. The Morgan fingerprint density at radius 1 is 1.14 bits per heavy atom. The first-order valence-corrected chi connectivity index (χ1v) is 16.2. The SMILES string of the molecule is CCOC(=O)[C@H](CCCCC1CCN(OCc2ccccc2)C(=C=O)C1)N[C@@H]1C(=O)Nc2ccccc2SC1C(C)(C)C. The molecule has 0 aliphatic carbocycles. The fraction of sp³-hybridized carbons (Fsp3) is 0.529. The van der Waals surface area contributed by atoms with Gasteiger partial charge in [0, 0.05) is 23.1 Å². The highest BCUT2D eigenvalue weighted by Gasteiger charge is 2.42. The summed E-state index contributed by atoms with van der Waals surface area (Å²) in [6.07, 6.45) is 4.75. The summed E-state index contributed by atoms with van der Waals surface area (Å²) < 4.78 is 5.43. The number of thioether (sulfide) groups is 1. The van der Waals surface area contributed by atoms with Gasteiger partial charge in [-0.1, -0.05) is 76.1 Å². The molecule has 2 N–H and O–H groups in total. The van der Waals surface area contributed by atoms with Crippen molar-refractivity contribution in [1.82, 2.24) is 10.4 Å². The number of unbranched alkanes of at least 4 members (excludes halogenated alkanes) is 1. The molecule has 8 nitrogen and oxygen atoms in total. The highest BCUT2D eigenvalue weighted by atomic mass is 32.2. The second kappa shape index (κ2) is 15.6. The number of carbonyl (C=O) groups is 2. The molecule has 0 aromatic heterocycles. The molecule has 1 amide bonds. The molecule has 4 rings (SSSR count). The molecule has 2 aliphatic heterocycles. The zero-order valence-electron chi connectivity index (χ0n) is 25.8. The maximum Gasteiger partial charge on any atom is 0.323 e. The molecule has 43 heavy (non-hydrogen) atoms. The third-order valence-corrected chi connectivity index (χ3v) is 9.86. The van der Waals surface area contributed by atoms with Crippen molar-refractivity contribution in [1.29, 1.82) is 0 Å². The van der Waals surface area contributed by atoms with Crippen molar-refractivity contribution in [2.75, 3.05) is 18.5 Å². The molecule has 2 aliphatic rings. The zero-order chi connectivity index (χ0) is 30.8. The summed E-state index contributed by atoms with van der Waals surface area (Å²) >= 11 is 1.67. The average molecular weight is 608 g/mol. The van der Waals surface area contributed by atoms with Crippen molar-refractivity contribution < 1.29 is 24.0 Å². The molecular weight excluding hydrogens is 562 g/mol. The van der Waals surface area contributed by atoms with Crippen LogP contribution in [0.1, 0.15) is 71.8 Å². The summed E-state index contributed by atoms with van der Waals surface area (Å²) in [4.78, 5) is 45.2. The Labute approximate surface area is 259 Å². The van der Waals surface area contributed by atoms with Crippen LogP contribution in [0.5, 0.6) is 0 Å². The van der Waals surface area contributed by atoms with Crippen LogP contribution in [-0.4, -0.2) is 53.4 Å². The van der Waals surface area contributed by atoms with Gasteiger partial charge in [-0.05, 0) is 55.2 Å². The minimum absolute atomic E-state index is 0.101. The topological polar surface area (TPSA) is 97.0 Å². The van der Waals surface area contributed by atoms with E-state index in [0.29, 0.717) is 37.6 Å². The molecular formula is C34H45N3O5S. The quantitative estimate of drug-likeness (QED) is 0.168. The lowest BCUT2D eigenvalue weighted by Crippen LogP contribution is -2.56. The molecule has 2 heterocycles. The highest BCUT2D eigenvalue weighted by molar-refractivity contribution is 8.00. The van der Waals surface area contributed by atoms with E-state index in [1.54, 1.807) is 23.7 Å². The van der Waals surface area contributed by atoms with Gasteiger partial charge in [0.05, 0.1) is 18.9 Å². The molecule has 2 aromatic carbocycles. The maximum atomic E-state index is 13.5. The van der Waals surface area contributed by atoms with Crippen LogP contribution >= 0.6 is 11.8 Å². The summed E-state index contributed by atoms with van der Waals surface area (Å²) in [6.45, 7) is 9.52. The Bertz CT molecular complexity index is 1270. The van der Waals surface area contributed by atoms with Crippen LogP contribution in [0.15, 0.2) is 65.2 Å². The minimum atomic E-state index is -0.596. The van der Waals surface area contributed by atoms with Crippen molar-refractivity contribution in [2.24, 2.45) is 11.3 Å². The number of allylic oxidation sites excluding steroid dienone is 1. The van der Waals surface area contributed by atoms with Gasteiger partial charge in [-0.15, -0.1) is 11.8 Å². The van der Waals surface area contributed by atoms with Crippen LogP contribution in [0, 0.1) is 11.3 Å². The Balaban J connectivity index is 1.33. The van der Waals surface area contributed by atoms with E-state index in [0.717, 1.165) is 41.8 Å². The molecule has 0 saturated carbocycles. The van der Waals surface area contributed by atoms with Gasteiger partial charge in [-0.2, -0.15) is 0 Å². The summed E-state index contributed by atoms with van der Waals surface area (Å²) in [6, 6.07) is 16.5. The number of hydrogen-bond acceptors (Lipinski definition) is 8. The molecule has 0 radical (unpaired) electrons. The number of hydrogen-bond donors (Lipinski definition) is 2. The van der Waals surface area contributed by atoms with Crippen molar-refractivity contribution in [3.63, 3.8) is 0 Å². The number of anilines is 1. The van der Waals surface area contributed by atoms with Crippen LogP contribution in [-0.2, 0) is 30.6 Å². The first kappa shape index (κ1) is 32.8. The van der Waals surface area contributed by atoms with Gasteiger partial charge >= 0.3 is 5.97 Å². The number of nitrogens with one attached hydrogen (secondary N) is 2. The molecule has 2 unspecified atom stereocenters. The second-order valence-electron chi connectivity index (χ2n) is 12.4. The molecule has 4 atom stereocenters. The van der Waals surface area contributed by atoms with Crippen molar-refractivity contribution in [3.05, 3.63) is 65.9 Å². The number of piperidine rings is 1. The first-order valence-electron chi connectivity index (χ1n) is 15.4. The van der Waals surface area contributed by atoms with Crippen molar-refractivity contribution in [2.45, 2.75) is 95.1 Å². The standard InChI is InChI=1S/C34H45N3O5S/c1-5-41-33(40)28(35-30-31(34(2,3)4)43-29-18-12-11-16-27(29)36-32(30)39)17-10-9-13-24-19-20-37(26(21-24)22-38)42-23-25-14-7-6-8-15-25/h6-8,11-12,14-16,18,24,28,30-31,35H,5,9-10,13,17,19-21,23H2,1-4H3,(H,36,39)/t24?,28-,30-,31?/m0/s1. The van der Waals surface area contributed by atoms with E-state index in [4.69, 9.17) is 9.57 Å². The predicted octanol–water partition coefficient (Wildman–Crippen LogP) is 6.16. The van der Waals surface area contributed by atoms with Crippen molar-refractivity contribution in [3.8, 4) is 0 Å². The number of fused-ring (bicyclic) bond motifs is 1. The smallest absolute Gasteiger partial charge is 0.323 e. The van der Waals surface area contributed by atoms with E-state index >= 15 is 0 Å². The predicted molar refractivity (Wildman–Crippen MR) is 170 cm³/mol. The minimum Gasteiger partial charge on any atom is -0.465 e. The van der Waals surface area contributed by atoms with Gasteiger partial charge in [-0.3, -0.25) is 19.7 Å². The van der Waals surface area contributed by atoms with Gasteiger partial charge in [-0.25, -0.2) is 9.86 Å². The highest BCUT2D eigenvalue weighted by Crippen LogP contribution is 2.43. The number of benzene rings is 2. The molecule has 0 bridgehead atoms. The largest absolute Gasteiger partial charge is 0.465 e. The van der Waals surface area contributed by atoms with Crippen LogP contribution in [0.4, 0.5) is 5.69 Å². The Kier molecular flexibility index (Phi) is 11.9. The number of hydroxylamine groups is 2. The third-order valence-electron chi connectivity index (χ3n) is 8.02. The molecule has 1 fully saturated rings. The monoisotopic (exact) mass is 607 g/mol. The average Bonchev–Trinajstić information content (AvgIpc) is 3.14.